The molecular formula is C20H21ClN6O3S2. The lowest BCUT2D eigenvalue weighted by Crippen LogP contribution is -2.50. The number of halogens is 1. The molecule has 4 N–H and O–H groups in total. The van der Waals surface area contributed by atoms with Gasteiger partial charge in [-0.15, -0.1) is 0 Å². The van der Waals surface area contributed by atoms with E-state index in [-0.39, 0.29) is 42.9 Å². The summed E-state index contributed by atoms with van der Waals surface area (Å²) in [4.78, 5) is 23.3. The fourth-order valence-corrected chi connectivity index (χ4v) is 6.08. The number of guanidine groups is 1. The first-order valence-electron chi connectivity index (χ1n) is 9.71. The lowest BCUT2D eigenvalue weighted by atomic mass is 10.1. The van der Waals surface area contributed by atoms with Gasteiger partial charge in [-0.25, -0.2) is 13.4 Å². The molecule has 2 aromatic carbocycles. The van der Waals surface area contributed by atoms with Crippen LogP contribution in [0.2, 0.25) is 5.02 Å². The van der Waals surface area contributed by atoms with E-state index in [4.69, 9.17) is 23.1 Å². The molecule has 12 heteroatoms. The molecule has 1 aromatic heterocycles. The zero-order chi connectivity index (χ0) is 23.0. The molecule has 1 saturated heterocycles. The number of fused-ring (bicyclic) bond motifs is 1. The van der Waals surface area contributed by atoms with Gasteiger partial charge in [-0.3, -0.25) is 4.79 Å². The number of aryl methyl sites for hydroxylation is 1. The smallest absolute Gasteiger partial charge is 0.266 e. The van der Waals surface area contributed by atoms with Crippen LogP contribution in [0.15, 0.2) is 46.3 Å². The minimum Gasteiger partial charge on any atom is -0.370 e. The Balaban J connectivity index is 1.48. The molecule has 9 nitrogen and oxygen atoms in total. The summed E-state index contributed by atoms with van der Waals surface area (Å²) >= 11 is 7.11. The Morgan fingerprint density at radius 1 is 1.09 bits per heavy atom. The summed E-state index contributed by atoms with van der Waals surface area (Å²) in [6.07, 6.45) is 0. The van der Waals surface area contributed by atoms with Crippen molar-refractivity contribution in [2.75, 3.05) is 26.2 Å². The topological polar surface area (TPSA) is 135 Å². The molecule has 32 heavy (non-hydrogen) atoms. The van der Waals surface area contributed by atoms with Crippen LogP contribution in [0.1, 0.15) is 15.4 Å². The number of hydrogen-bond acceptors (Lipinski definition) is 6. The lowest BCUT2D eigenvalue weighted by molar-refractivity contribution is 0.0702. The molecule has 0 saturated carbocycles. The van der Waals surface area contributed by atoms with Crippen molar-refractivity contribution in [2.45, 2.75) is 11.8 Å². The van der Waals surface area contributed by atoms with Crippen LogP contribution < -0.4 is 11.5 Å². The Bertz CT molecular complexity index is 1330. The maximum atomic E-state index is 13.2. The maximum Gasteiger partial charge on any atom is 0.266 e. The maximum absolute atomic E-state index is 13.2. The van der Waals surface area contributed by atoms with Crippen LogP contribution in [0.5, 0.6) is 0 Å². The van der Waals surface area contributed by atoms with Crippen molar-refractivity contribution < 1.29 is 13.2 Å². The number of rotatable bonds is 4. The average Bonchev–Trinajstić information content (AvgIpc) is 3.12. The van der Waals surface area contributed by atoms with E-state index < -0.39 is 10.0 Å². The highest BCUT2D eigenvalue weighted by Gasteiger charge is 2.31. The van der Waals surface area contributed by atoms with Crippen LogP contribution in [-0.4, -0.2) is 60.7 Å². The molecule has 0 unspecified atom stereocenters. The van der Waals surface area contributed by atoms with Gasteiger partial charge in [0.1, 0.15) is 4.88 Å². The monoisotopic (exact) mass is 492 g/mol. The first kappa shape index (κ1) is 22.5. The van der Waals surface area contributed by atoms with E-state index in [1.807, 2.05) is 0 Å². The number of nitrogens with two attached hydrogens (primary N) is 2. The quantitative estimate of drug-likeness (QED) is 0.423. The van der Waals surface area contributed by atoms with E-state index in [1.165, 1.54) is 4.31 Å². The number of thiazole rings is 1. The second-order valence-corrected chi connectivity index (χ2v) is 10.6. The van der Waals surface area contributed by atoms with E-state index in [1.54, 1.807) is 48.2 Å². The second kappa shape index (κ2) is 8.66. The molecule has 0 bridgehead atoms. The molecule has 3 aromatic rings. The van der Waals surface area contributed by atoms with Crippen molar-refractivity contribution in [3.8, 4) is 0 Å². The van der Waals surface area contributed by atoms with Crippen LogP contribution in [0.3, 0.4) is 0 Å². The summed E-state index contributed by atoms with van der Waals surface area (Å²) in [6, 6.07) is 10.3. The van der Waals surface area contributed by atoms with Crippen molar-refractivity contribution in [1.29, 1.82) is 0 Å². The average molecular weight is 493 g/mol. The van der Waals surface area contributed by atoms with Crippen molar-refractivity contribution in [3.05, 3.63) is 52.0 Å². The van der Waals surface area contributed by atoms with Gasteiger partial charge in [0, 0.05) is 31.2 Å². The number of aromatic nitrogens is 1. The second-order valence-electron chi connectivity index (χ2n) is 7.30. The molecule has 4 rings (SSSR count). The normalized spacial score (nSPS) is 15.1. The molecule has 0 atom stereocenters. The zero-order valence-corrected chi connectivity index (χ0v) is 19.5. The Hall–Kier alpha value is -2.73. The number of piperazine rings is 1. The Kier molecular flexibility index (Phi) is 6.08. The molecule has 1 aliphatic heterocycles. The minimum atomic E-state index is -3.69. The summed E-state index contributed by atoms with van der Waals surface area (Å²) in [5, 5.41) is 2.56. The van der Waals surface area contributed by atoms with Gasteiger partial charge in [-0.1, -0.05) is 35.1 Å². The van der Waals surface area contributed by atoms with Gasteiger partial charge in [-0.05, 0) is 42.0 Å². The standard InChI is InChI=1S/C20H21ClN6O3S2/c1-12-17(31-20(24-12)25-19(22)23)18(28)26-6-8-27(9-7-26)32(29,30)16-5-3-13-10-15(21)4-2-14(13)11-16/h2-5,10-11H,6-9H2,1H3,(H4,22,23,24,25). The molecule has 0 spiro atoms. The van der Waals surface area contributed by atoms with Gasteiger partial charge >= 0.3 is 0 Å². The van der Waals surface area contributed by atoms with Crippen molar-refractivity contribution in [2.24, 2.45) is 16.5 Å². The Morgan fingerprint density at radius 2 is 1.75 bits per heavy atom. The van der Waals surface area contributed by atoms with Crippen molar-refractivity contribution in [1.82, 2.24) is 14.2 Å². The van der Waals surface area contributed by atoms with Gasteiger partial charge in [0.05, 0.1) is 10.6 Å². The van der Waals surface area contributed by atoms with Crippen molar-refractivity contribution in [3.63, 3.8) is 0 Å². The number of nitrogens with zero attached hydrogens (tertiary/aromatic N) is 4. The van der Waals surface area contributed by atoms with Crippen LogP contribution in [0, 0.1) is 6.92 Å². The summed E-state index contributed by atoms with van der Waals surface area (Å²) in [5.74, 6) is -0.343. The summed E-state index contributed by atoms with van der Waals surface area (Å²) in [6.45, 7) is 2.66. The minimum absolute atomic E-state index is 0.131. The van der Waals surface area contributed by atoms with Gasteiger partial charge < -0.3 is 16.4 Å². The fraction of sp³-hybridized carbons (Fsp3) is 0.250. The number of aliphatic imine (C=N–C) groups is 1. The first-order valence-corrected chi connectivity index (χ1v) is 12.3. The number of carbonyl (C=O) groups excluding carboxylic acids is 1. The van der Waals surface area contributed by atoms with E-state index in [0.717, 1.165) is 22.1 Å². The number of amides is 1. The Labute approximate surface area is 194 Å². The summed E-state index contributed by atoms with van der Waals surface area (Å²) in [5.41, 5.74) is 11.3. The van der Waals surface area contributed by atoms with Crippen LogP contribution in [0.4, 0.5) is 5.13 Å². The fourth-order valence-electron chi connectivity index (χ4n) is 3.52. The molecular weight excluding hydrogens is 472 g/mol. The zero-order valence-electron chi connectivity index (χ0n) is 17.2. The molecule has 0 radical (unpaired) electrons. The highest BCUT2D eigenvalue weighted by atomic mass is 35.5. The summed E-state index contributed by atoms with van der Waals surface area (Å²) < 4.78 is 27.7. The van der Waals surface area contributed by atoms with Crippen LogP contribution in [-0.2, 0) is 10.0 Å². The van der Waals surface area contributed by atoms with Gasteiger partial charge in [-0.2, -0.15) is 9.30 Å². The third-order valence-corrected chi connectivity index (χ3v) is 8.31. The molecule has 0 aliphatic carbocycles. The Morgan fingerprint density at radius 3 is 2.44 bits per heavy atom. The number of benzene rings is 2. The predicted octanol–water partition coefficient (Wildman–Crippen LogP) is 2.31. The molecule has 1 fully saturated rings. The van der Waals surface area contributed by atoms with Gasteiger partial charge in [0.25, 0.3) is 5.91 Å². The van der Waals surface area contributed by atoms with Gasteiger partial charge in [0.15, 0.2) is 5.96 Å². The van der Waals surface area contributed by atoms with E-state index in [0.29, 0.717) is 20.7 Å². The van der Waals surface area contributed by atoms with Gasteiger partial charge in [0.2, 0.25) is 15.2 Å². The predicted molar refractivity (Wildman–Crippen MR) is 126 cm³/mol. The van der Waals surface area contributed by atoms with E-state index in [9.17, 15) is 13.2 Å². The number of sulfonamides is 1. The highest BCUT2D eigenvalue weighted by Crippen LogP contribution is 2.28. The number of carbonyl (C=O) groups is 1. The third kappa shape index (κ3) is 4.42. The third-order valence-electron chi connectivity index (χ3n) is 5.14. The van der Waals surface area contributed by atoms with Crippen LogP contribution >= 0.6 is 22.9 Å². The summed E-state index contributed by atoms with van der Waals surface area (Å²) in [7, 11) is -3.69. The molecule has 1 amide bonds. The first-order chi connectivity index (χ1) is 15.1. The van der Waals surface area contributed by atoms with Crippen LogP contribution in [0.25, 0.3) is 10.8 Å². The lowest BCUT2D eigenvalue weighted by Gasteiger charge is -2.33. The molecule has 2 heterocycles. The number of hydrogen-bond donors (Lipinski definition) is 2. The largest absolute Gasteiger partial charge is 0.370 e. The van der Waals surface area contributed by atoms with Crippen molar-refractivity contribution >= 4 is 60.7 Å². The highest BCUT2D eigenvalue weighted by molar-refractivity contribution is 7.89. The molecule has 168 valence electrons. The molecule has 1 aliphatic rings. The van der Waals surface area contributed by atoms with E-state index >= 15 is 0 Å². The van der Waals surface area contributed by atoms with E-state index in [2.05, 4.69) is 9.98 Å². The SMILES string of the molecule is Cc1nc(N=C(N)N)sc1C(=O)N1CCN(S(=O)(=O)c2ccc3cc(Cl)ccc3c2)CC1.